The van der Waals surface area contributed by atoms with Gasteiger partial charge in [0.25, 0.3) is 0 Å². The van der Waals surface area contributed by atoms with Crippen LogP contribution in [0.3, 0.4) is 0 Å². The van der Waals surface area contributed by atoms with Crippen molar-refractivity contribution in [3.05, 3.63) is 35.4 Å². The van der Waals surface area contributed by atoms with Gasteiger partial charge in [-0.25, -0.2) is 8.78 Å². The molecular formula is C12H15F2N. The topological polar surface area (TPSA) is 12.0 Å². The quantitative estimate of drug-likeness (QED) is 0.810. The summed E-state index contributed by atoms with van der Waals surface area (Å²) in [4.78, 5) is 0. The summed E-state index contributed by atoms with van der Waals surface area (Å²) in [6, 6.07) is 4.34. The average Bonchev–Trinajstić information content (AvgIpc) is 2.16. The molecule has 0 amide bonds. The Morgan fingerprint density at radius 3 is 2.60 bits per heavy atom. The van der Waals surface area contributed by atoms with Crippen molar-refractivity contribution >= 4 is 0 Å². The lowest BCUT2D eigenvalue weighted by atomic mass is 9.77. The van der Waals surface area contributed by atoms with Crippen LogP contribution < -0.4 is 5.32 Å². The van der Waals surface area contributed by atoms with Gasteiger partial charge in [-0.15, -0.1) is 0 Å². The van der Waals surface area contributed by atoms with Gasteiger partial charge in [0.1, 0.15) is 0 Å². The zero-order valence-electron chi connectivity index (χ0n) is 8.76. The van der Waals surface area contributed by atoms with Gasteiger partial charge in [-0.05, 0) is 31.9 Å². The van der Waals surface area contributed by atoms with Crippen molar-refractivity contribution in [1.29, 1.82) is 0 Å². The molecule has 15 heavy (non-hydrogen) atoms. The van der Waals surface area contributed by atoms with Crippen molar-refractivity contribution in [1.82, 2.24) is 5.32 Å². The highest BCUT2D eigenvalue weighted by Gasteiger charge is 2.29. The first-order valence-corrected chi connectivity index (χ1v) is 5.35. The minimum Gasteiger partial charge on any atom is -0.313 e. The summed E-state index contributed by atoms with van der Waals surface area (Å²) in [5.74, 6) is -1.01. The molecule has 1 aromatic carbocycles. The summed E-state index contributed by atoms with van der Waals surface area (Å²) >= 11 is 0. The second kappa shape index (κ2) is 4.27. The highest BCUT2D eigenvalue weighted by molar-refractivity contribution is 5.23. The van der Waals surface area contributed by atoms with Crippen molar-refractivity contribution < 1.29 is 8.78 Å². The summed E-state index contributed by atoms with van der Waals surface area (Å²) in [5, 5.41) is 3.08. The highest BCUT2D eigenvalue weighted by atomic mass is 19.2. The van der Waals surface area contributed by atoms with E-state index in [0.717, 1.165) is 18.9 Å². The monoisotopic (exact) mass is 211 g/mol. The van der Waals surface area contributed by atoms with Crippen LogP contribution in [0.2, 0.25) is 0 Å². The molecule has 1 N–H and O–H groups in total. The third-order valence-electron chi connectivity index (χ3n) is 3.25. The predicted octanol–water partition coefficient (Wildman–Crippen LogP) is 3.03. The van der Waals surface area contributed by atoms with Gasteiger partial charge in [-0.3, -0.25) is 0 Å². The first-order valence-electron chi connectivity index (χ1n) is 5.35. The maximum Gasteiger partial charge on any atom is 0.163 e. The molecule has 1 aliphatic rings. The van der Waals surface area contributed by atoms with Crippen molar-refractivity contribution in [2.24, 2.45) is 5.92 Å². The largest absolute Gasteiger partial charge is 0.313 e. The number of nitrogens with one attached hydrogen (secondary N) is 1. The van der Waals surface area contributed by atoms with E-state index in [1.165, 1.54) is 6.42 Å². The maximum absolute atomic E-state index is 13.5. The molecule has 1 unspecified atom stereocenters. The van der Waals surface area contributed by atoms with E-state index < -0.39 is 11.6 Å². The van der Waals surface area contributed by atoms with Gasteiger partial charge in [-0.1, -0.05) is 18.6 Å². The van der Waals surface area contributed by atoms with E-state index in [9.17, 15) is 8.78 Å². The molecule has 1 atom stereocenters. The lowest BCUT2D eigenvalue weighted by Crippen LogP contribution is -2.30. The Morgan fingerprint density at radius 1 is 1.33 bits per heavy atom. The van der Waals surface area contributed by atoms with E-state index >= 15 is 0 Å². The number of halogens is 2. The summed E-state index contributed by atoms with van der Waals surface area (Å²) in [6.45, 7) is 0. The Balaban J connectivity index is 2.29. The van der Waals surface area contributed by atoms with E-state index in [-0.39, 0.29) is 6.04 Å². The van der Waals surface area contributed by atoms with Crippen molar-refractivity contribution in [2.45, 2.75) is 25.3 Å². The summed E-state index contributed by atoms with van der Waals surface area (Å²) in [5.41, 5.74) is 0.460. The SMILES string of the molecule is CNC(c1cccc(F)c1F)C1CCC1. The van der Waals surface area contributed by atoms with E-state index in [4.69, 9.17) is 0 Å². The lowest BCUT2D eigenvalue weighted by molar-refractivity contribution is 0.234. The molecule has 0 bridgehead atoms. The second-order valence-electron chi connectivity index (χ2n) is 4.10. The molecule has 1 nitrogen and oxygen atoms in total. The fourth-order valence-electron chi connectivity index (χ4n) is 2.18. The van der Waals surface area contributed by atoms with Gasteiger partial charge in [-0.2, -0.15) is 0 Å². The predicted molar refractivity (Wildman–Crippen MR) is 55.5 cm³/mol. The Hall–Kier alpha value is -0.960. The van der Waals surface area contributed by atoms with Crippen LogP contribution in [0.1, 0.15) is 30.9 Å². The smallest absolute Gasteiger partial charge is 0.163 e. The second-order valence-corrected chi connectivity index (χ2v) is 4.10. The van der Waals surface area contributed by atoms with Crippen LogP contribution in [-0.4, -0.2) is 7.05 Å². The zero-order chi connectivity index (χ0) is 10.8. The third-order valence-corrected chi connectivity index (χ3v) is 3.25. The van der Waals surface area contributed by atoms with Gasteiger partial charge in [0, 0.05) is 11.6 Å². The molecule has 0 heterocycles. The normalized spacial score (nSPS) is 18.6. The Labute approximate surface area is 88.5 Å². The van der Waals surface area contributed by atoms with Crippen LogP contribution in [0, 0.1) is 17.6 Å². The van der Waals surface area contributed by atoms with Crippen molar-refractivity contribution in [2.75, 3.05) is 7.05 Å². The third kappa shape index (κ3) is 1.88. The highest BCUT2D eigenvalue weighted by Crippen LogP contribution is 2.38. The molecule has 0 spiro atoms. The Morgan fingerprint density at radius 2 is 2.07 bits per heavy atom. The average molecular weight is 211 g/mol. The molecule has 82 valence electrons. The number of benzene rings is 1. The van der Waals surface area contributed by atoms with Crippen molar-refractivity contribution in [3.8, 4) is 0 Å². The molecule has 1 aromatic rings. The van der Waals surface area contributed by atoms with E-state index in [1.54, 1.807) is 19.2 Å². The van der Waals surface area contributed by atoms with E-state index in [2.05, 4.69) is 5.32 Å². The fourth-order valence-corrected chi connectivity index (χ4v) is 2.18. The Bertz CT molecular complexity index is 347. The Kier molecular flexibility index (Phi) is 3.00. The van der Waals surface area contributed by atoms with Gasteiger partial charge in [0.2, 0.25) is 0 Å². The molecule has 0 aliphatic heterocycles. The number of rotatable bonds is 3. The molecule has 3 heteroatoms. The fraction of sp³-hybridized carbons (Fsp3) is 0.500. The first kappa shape index (κ1) is 10.6. The molecule has 0 saturated heterocycles. The van der Waals surface area contributed by atoms with Crippen LogP contribution in [0.5, 0.6) is 0 Å². The standard InChI is InChI=1S/C12H15F2N/c1-15-12(8-4-2-5-8)9-6-3-7-10(13)11(9)14/h3,6-8,12,15H,2,4-5H2,1H3. The first-order chi connectivity index (χ1) is 7.24. The molecule has 2 rings (SSSR count). The van der Waals surface area contributed by atoms with E-state index in [1.807, 2.05) is 0 Å². The minimum absolute atomic E-state index is 0.0468. The van der Waals surface area contributed by atoms with Crippen molar-refractivity contribution in [3.63, 3.8) is 0 Å². The maximum atomic E-state index is 13.5. The zero-order valence-corrected chi connectivity index (χ0v) is 8.76. The van der Waals surface area contributed by atoms with Gasteiger partial charge in [0.15, 0.2) is 11.6 Å². The molecule has 1 fully saturated rings. The molecule has 0 aromatic heterocycles. The van der Waals surface area contributed by atoms with E-state index in [0.29, 0.717) is 11.5 Å². The summed E-state index contributed by atoms with van der Waals surface area (Å²) < 4.78 is 26.6. The van der Waals surface area contributed by atoms with Crippen LogP contribution in [0.4, 0.5) is 8.78 Å². The van der Waals surface area contributed by atoms with Crippen LogP contribution >= 0.6 is 0 Å². The van der Waals surface area contributed by atoms with Gasteiger partial charge >= 0.3 is 0 Å². The lowest BCUT2D eigenvalue weighted by Gasteiger charge is -2.34. The van der Waals surface area contributed by atoms with Gasteiger partial charge < -0.3 is 5.32 Å². The molecule has 1 aliphatic carbocycles. The molecule has 1 saturated carbocycles. The van der Waals surface area contributed by atoms with Crippen LogP contribution in [0.25, 0.3) is 0 Å². The van der Waals surface area contributed by atoms with Gasteiger partial charge in [0.05, 0.1) is 0 Å². The summed E-state index contributed by atoms with van der Waals surface area (Å²) in [6.07, 6.45) is 3.39. The minimum atomic E-state index is -0.757. The number of hydrogen-bond acceptors (Lipinski definition) is 1. The molecular weight excluding hydrogens is 196 g/mol. The number of hydrogen-bond donors (Lipinski definition) is 1. The molecule has 0 radical (unpaired) electrons. The summed E-state index contributed by atoms with van der Waals surface area (Å²) in [7, 11) is 1.80. The van der Waals surface area contributed by atoms with Crippen LogP contribution in [0.15, 0.2) is 18.2 Å². The van der Waals surface area contributed by atoms with Crippen LogP contribution in [-0.2, 0) is 0 Å².